The highest BCUT2D eigenvalue weighted by molar-refractivity contribution is 7.90. The van der Waals surface area contributed by atoms with Crippen molar-refractivity contribution in [3.05, 3.63) is 0 Å². The molecule has 74 valence electrons. The Morgan fingerprint density at radius 3 is 2.54 bits per heavy atom. The zero-order valence-electron chi connectivity index (χ0n) is 7.86. The van der Waals surface area contributed by atoms with Gasteiger partial charge in [0.15, 0.2) is 0 Å². The highest BCUT2D eigenvalue weighted by atomic mass is 32.2. The standard InChI is InChI=1S/C9H15NO2S/c1-3-7-10(8-4-2)13(11,12)9-5-6-9/h1,9H,4-8H2,2H3. The lowest BCUT2D eigenvalue weighted by Gasteiger charge is -2.18. The van der Waals surface area contributed by atoms with Crippen molar-refractivity contribution in [1.29, 1.82) is 0 Å². The summed E-state index contributed by atoms with van der Waals surface area (Å²) in [7, 11) is -3.06. The first-order valence-corrected chi connectivity index (χ1v) is 6.05. The fraction of sp³-hybridized carbons (Fsp3) is 0.778. The highest BCUT2D eigenvalue weighted by Gasteiger charge is 2.39. The quantitative estimate of drug-likeness (QED) is 0.618. The van der Waals surface area contributed by atoms with Crippen LogP contribution >= 0.6 is 0 Å². The van der Waals surface area contributed by atoms with Crippen molar-refractivity contribution in [3.8, 4) is 12.3 Å². The van der Waals surface area contributed by atoms with Gasteiger partial charge in [-0.05, 0) is 19.3 Å². The van der Waals surface area contributed by atoms with Gasteiger partial charge in [-0.1, -0.05) is 12.8 Å². The van der Waals surface area contributed by atoms with Crippen LogP contribution in [0.2, 0.25) is 0 Å². The van der Waals surface area contributed by atoms with Crippen LogP contribution in [0.5, 0.6) is 0 Å². The van der Waals surface area contributed by atoms with Crippen molar-refractivity contribution in [1.82, 2.24) is 4.31 Å². The molecular weight excluding hydrogens is 186 g/mol. The minimum absolute atomic E-state index is 0.146. The van der Waals surface area contributed by atoms with E-state index in [1.54, 1.807) is 0 Å². The Balaban J connectivity index is 2.68. The van der Waals surface area contributed by atoms with Gasteiger partial charge in [0.1, 0.15) is 0 Å². The third-order valence-electron chi connectivity index (χ3n) is 2.05. The topological polar surface area (TPSA) is 37.4 Å². The third-order valence-corrected chi connectivity index (χ3v) is 4.39. The molecule has 0 spiro atoms. The van der Waals surface area contributed by atoms with E-state index in [0.717, 1.165) is 19.3 Å². The molecule has 3 nitrogen and oxygen atoms in total. The zero-order valence-corrected chi connectivity index (χ0v) is 8.68. The summed E-state index contributed by atoms with van der Waals surface area (Å²) < 4.78 is 24.8. The molecule has 0 aromatic carbocycles. The second kappa shape index (κ2) is 4.12. The molecule has 13 heavy (non-hydrogen) atoms. The first-order chi connectivity index (χ1) is 6.12. The fourth-order valence-corrected chi connectivity index (χ4v) is 3.07. The van der Waals surface area contributed by atoms with E-state index < -0.39 is 10.0 Å². The zero-order chi connectivity index (χ0) is 9.90. The Morgan fingerprint density at radius 2 is 2.15 bits per heavy atom. The van der Waals surface area contributed by atoms with Crippen molar-refractivity contribution < 1.29 is 8.42 Å². The van der Waals surface area contributed by atoms with E-state index in [1.807, 2.05) is 6.92 Å². The largest absolute Gasteiger partial charge is 0.217 e. The SMILES string of the molecule is C#CCN(CCC)S(=O)(=O)C1CC1. The average Bonchev–Trinajstić information content (AvgIpc) is 2.86. The molecule has 0 bridgehead atoms. The number of hydrogen-bond donors (Lipinski definition) is 0. The molecule has 0 saturated heterocycles. The summed E-state index contributed by atoms with van der Waals surface area (Å²) in [6.45, 7) is 2.71. The lowest BCUT2D eigenvalue weighted by molar-refractivity contribution is 0.444. The molecule has 0 amide bonds. The Bertz CT molecular complexity index is 298. The summed E-state index contributed by atoms with van der Waals surface area (Å²) in [4.78, 5) is 0. The molecule has 0 aliphatic heterocycles. The van der Waals surface area contributed by atoms with E-state index in [2.05, 4.69) is 5.92 Å². The summed E-state index contributed by atoms with van der Waals surface area (Å²) in [6.07, 6.45) is 7.53. The molecule has 0 atom stereocenters. The first kappa shape index (κ1) is 10.6. The van der Waals surface area contributed by atoms with E-state index >= 15 is 0 Å². The summed E-state index contributed by atoms with van der Waals surface area (Å²) in [6, 6.07) is 0. The Labute approximate surface area is 80.2 Å². The number of sulfonamides is 1. The van der Waals surface area contributed by atoms with E-state index in [1.165, 1.54) is 4.31 Å². The van der Waals surface area contributed by atoms with Gasteiger partial charge in [-0.25, -0.2) is 8.42 Å². The van der Waals surface area contributed by atoms with Gasteiger partial charge in [-0.3, -0.25) is 0 Å². The predicted molar refractivity (Wildman–Crippen MR) is 52.6 cm³/mol. The molecule has 4 heteroatoms. The van der Waals surface area contributed by atoms with Crippen LogP contribution < -0.4 is 0 Å². The average molecular weight is 201 g/mol. The van der Waals surface area contributed by atoms with Crippen LogP contribution in [0.3, 0.4) is 0 Å². The van der Waals surface area contributed by atoms with Gasteiger partial charge in [0.25, 0.3) is 0 Å². The Morgan fingerprint density at radius 1 is 1.54 bits per heavy atom. The molecular formula is C9H15NO2S. The Kier molecular flexibility index (Phi) is 3.34. The maximum absolute atomic E-state index is 11.7. The second-order valence-corrected chi connectivity index (χ2v) is 5.49. The summed E-state index contributed by atoms with van der Waals surface area (Å²) >= 11 is 0. The van der Waals surface area contributed by atoms with Crippen molar-refractivity contribution >= 4 is 10.0 Å². The number of terminal acetylenes is 1. The van der Waals surface area contributed by atoms with Crippen molar-refractivity contribution in [2.75, 3.05) is 13.1 Å². The normalized spacial score (nSPS) is 17.3. The molecule has 1 fully saturated rings. The van der Waals surface area contributed by atoms with Gasteiger partial charge in [0.2, 0.25) is 10.0 Å². The maximum Gasteiger partial charge on any atom is 0.217 e. The summed E-state index contributed by atoms with van der Waals surface area (Å²) in [5.74, 6) is 2.39. The van der Waals surface area contributed by atoms with E-state index in [0.29, 0.717) is 6.54 Å². The predicted octanol–water partition coefficient (Wildman–Crippen LogP) is 0.824. The minimum atomic E-state index is -3.06. The van der Waals surface area contributed by atoms with Crippen molar-refractivity contribution in [2.45, 2.75) is 31.4 Å². The number of nitrogens with zero attached hydrogens (tertiary/aromatic N) is 1. The molecule has 0 N–H and O–H groups in total. The summed E-state index contributed by atoms with van der Waals surface area (Å²) in [5.41, 5.74) is 0. The van der Waals surface area contributed by atoms with Gasteiger partial charge in [0, 0.05) is 6.54 Å². The van der Waals surface area contributed by atoms with Gasteiger partial charge in [0.05, 0.1) is 11.8 Å². The van der Waals surface area contributed by atoms with Crippen LogP contribution in [0.25, 0.3) is 0 Å². The molecule has 0 radical (unpaired) electrons. The minimum Gasteiger partial charge on any atom is -0.212 e. The van der Waals surface area contributed by atoms with Crippen molar-refractivity contribution in [2.24, 2.45) is 0 Å². The molecule has 0 unspecified atom stereocenters. The number of rotatable bonds is 5. The first-order valence-electron chi connectivity index (χ1n) is 4.55. The van der Waals surface area contributed by atoms with Gasteiger partial charge in [-0.2, -0.15) is 4.31 Å². The number of hydrogen-bond acceptors (Lipinski definition) is 2. The van der Waals surface area contributed by atoms with Crippen LogP contribution in [0.4, 0.5) is 0 Å². The fourth-order valence-electron chi connectivity index (χ4n) is 1.22. The van der Waals surface area contributed by atoms with E-state index in [4.69, 9.17) is 6.42 Å². The maximum atomic E-state index is 11.7. The van der Waals surface area contributed by atoms with Gasteiger partial charge < -0.3 is 0 Å². The van der Waals surface area contributed by atoms with Gasteiger partial charge in [-0.15, -0.1) is 6.42 Å². The molecule has 1 aliphatic rings. The monoisotopic (exact) mass is 201 g/mol. The van der Waals surface area contributed by atoms with Crippen LogP contribution in [0, 0.1) is 12.3 Å². The van der Waals surface area contributed by atoms with Gasteiger partial charge >= 0.3 is 0 Å². The van der Waals surface area contributed by atoms with E-state index in [9.17, 15) is 8.42 Å². The van der Waals surface area contributed by atoms with Crippen LogP contribution in [0.1, 0.15) is 26.2 Å². The van der Waals surface area contributed by atoms with E-state index in [-0.39, 0.29) is 11.8 Å². The Hall–Kier alpha value is -0.530. The third kappa shape index (κ3) is 2.45. The lowest BCUT2D eigenvalue weighted by Crippen LogP contribution is -2.34. The second-order valence-electron chi connectivity index (χ2n) is 3.28. The van der Waals surface area contributed by atoms with Crippen LogP contribution in [0.15, 0.2) is 0 Å². The molecule has 0 aromatic heterocycles. The lowest BCUT2D eigenvalue weighted by atomic mass is 10.5. The molecule has 1 saturated carbocycles. The highest BCUT2D eigenvalue weighted by Crippen LogP contribution is 2.30. The van der Waals surface area contributed by atoms with Crippen molar-refractivity contribution in [3.63, 3.8) is 0 Å². The molecule has 1 rings (SSSR count). The molecule has 0 aromatic rings. The molecule has 0 heterocycles. The molecule has 1 aliphatic carbocycles. The van der Waals surface area contributed by atoms with Crippen LogP contribution in [-0.2, 0) is 10.0 Å². The smallest absolute Gasteiger partial charge is 0.212 e. The van der Waals surface area contributed by atoms with Crippen LogP contribution in [-0.4, -0.2) is 31.1 Å². The summed E-state index contributed by atoms with van der Waals surface area (Å²) in [5, 5.41) is -0.146.